The first-order valence-corrected chi connectivity index (χ1v) is 10.8. The molecule has 3 aromatic rings. The van der Waals surface area contributed by atoms with Gasteiger partial charge in [-0.2, -0.15) is 5.26 Å². The molecule has 2 aliphatic rings. The van der Waals surface area contributed by atoms with E-state index in [0.717, 1.165) is 49.4 Å². The molecule has 0 spiro atoms. The predicted molar refractivity (Wildman–Crippen MR) is 123 cm³/mol. The highest BCUT2D eigenvalue weighted by molar-refractivity contribution is 7.16. The second kappa shape index (κ2) is 8.60. The van der Waals surface area contributed by atoms with Gasteiger partial charge in [0.05, 0.1) is 21.8 Å². The van der Waals surface area contributed by atoms with Crippen LogP contribution in [0.5, 0.6) is 0 Å². The summed E-state index contributed by atoms with van der Waals surface area (Å²) in [7, 11) is 0. The number of piperazine rings is 1. The number of allylic oxidation sites excluding steroid dienone is 1. The van der Waals surface area contributed by atoms with Crippen LogP contribution in [-0.4, -0.2) is 47.1 Å². The van der Waals surface area contributed by atoms with E-state index in [2.05, 4.69) is 38.0 Å². The summed E-state index contributed by atoms with van der Waals surface area (Å²) in [6.45, 7) is 3.99. The van der Waals surface area contributed by atoms with Crippen LogP contribution in [0, 0.1) is 11.3 Å². The molecule has 1 aliphatic heterocycles. The number of benzene rings is 1. The number of hydrogen-bond acceptors (Lipinski definition) is 6. The molecule has 8 heteroatoms. The van der Waals surface area contributed by atoms with Gasteiger partial charge in [0, 0.05) is 43.6 Å². The maximum atomic E-state index is 12.2. The zero-order valence-electron chi connectivity index (χ0n) is 16.4. The van der Waals surface area contributed by atoms with Crippen LogP contribution in [0.4, 0.5) is 5.69 Å². The number of aromatic nitrogens is 2. The van der Waals surface area contributed by atoms with Crippen molar-refractivity contribution in [3.63, 3.8) is 0 Å². The van der Waals surface area contributed by atoms with Gasteiger partial charge in [-0.1, -0.05) is 6.08 Å². The Morgan fingerprint density at radius 1 is 1.17 bits per heavy atom. The molecule has 1 fully saturated rings. The number of aromatic amines is 1. The van der Waals surface area contributed by atoms with Crippen LogP contribution in [0.25, 0.3) is 15.8 Å². The molecule has 0 unspecified atom stereocenters. The standard InChI is InChI=1S/C22H21N5OS.ClH/c23-13-15-1-4-17(5-2-15)26-7-9-27(10-8-26)18-6-3-16(11-18)19-12-20-21(22(28)25-19)24-14-29-20;/h1-2,4-5,11-12,14,18H,3,6-10H2,(H,25,28);1H/t18-;/m1./s1. The third-order valence-corrected chi connectivity index (χ3v) is 6.70. The van der Waals surface area contributed by atoms with Gasteiger partial charge in [0.1, 0.15) is 5.52 Å². The number of hydrogen-bond donors (Lipinski definition) is 1. The maximum absolute atomic E-state index is 12.2. The molecule has 6 nitrogen and oxygen atoms in total. The molecule has 1 saturated heterocycles. The molecule has 0 saturated carbocycles. The zero-order chi connectivity index (χ0) is 19.8. The fourth-order valence-corrected chi connectivity index (χ4v) is 5.04. The van der Waals surface area contributed by atoms with Crippen molar-refractivity contribution in [1.29, 1.82) is 5.26 Å². The summed E-state index contributed by atoms with van der Waals surface area (Å²) in [6.07, 6.45) is 4.41. The second-order valence-corrected chi connectivity index (χ2v) is 8.44. The molecule has 3 heterocycles. The molecule has 0 amide bonds. The first kappa shape index (κ1) is 20.6. The van der Waals surface area contributed by atoms with E-state index in [0.29, 0.717) is 17.1 Å². The molecule has 1 aromatic carbocycles. The highest BCUT2D eigenvalue weighted by Gasteiger charge is 2.27. The van der Waals surface area contributed by atoms with Gasteiger partial charge in [0.15, 0.2) is 0 Å². The normalized spacial score (nSPS) is 19.4. The van der Waals surface area contributed by atoms with Gasteiger partial charge in [0.2, 0.25) is 0 Å². The molecular formula is C22H22ClN5OS. The average Bonchev–Trinajstić information content (AvgIpc) is 3.44. The Bertz CT molecular complexity index is 1170. The Morgan fingerprint density at radius 3 is 2.67 bits per heavy atom. The first-order chi connectivity index (χ1) is 14.2. The van der Waals surface area contributed by atoms with E-state index in [9.17, 15) is 4.79 Å². The van der Waals surface area contributed by atoms with Gasteiger partial charge >= 0.3 is 0 Å². The van der Waals surface area contributed by atoms with Crippen molar-refractivity contribution >= 4 is 45.2 Å². The van der Waals surface area contributed by atoms with E-state index < -0.39 is 0 Å². The fraction of sp³-hybridized carbons (Fsp3) is 0.318. The number of halogens is 1. The largest absolute Gasteiger partial charge is 0.369 e. The van der Waals surface area contributed by atoms with Gasteiger partial charge in [-0.05, 0) is 48.7 Å². The molecule has 0 bridgehead atoms. The minimum atomic E-state index is -0.0980. The Labute approximate surface area is 184 Å². The quantitative estimate of drug-likeness (QED) is 0.674. The van der Waals surface area contributed by atoms with Crippen LogP contribution < -0.4 is 10.5 Å². The summed E-state index contributed by atoms with van der Waals surface area (Å²) < 4.78 is 0.948. The van der Waals surface area contributed by atoms with Gasteiger partial charge in [-0.3, -0.25) is 9.69 Å². The average molecular weight is 440 g/mol. The number of rotatable bonds is 3. The van der Waals surface area contributed by atoms with Crippen LogP contribution in [-0.2, 0) is 0 Å². The lowest BCUT2D eigenvalue weighted by Crippen LogP contribution is -2.49. The molecule has 1 atom stereocenters. The molecule has 154 valence electrons. The van der Waals surface area contributed by atoms with E-state index >= 15 is 0 Å². The summed E-state index contributed by atoms with van der Waals surface area (Å²) in [5, 5.41) is 8.96. The third kappa shape index (κ3) is 3.86. The SMILES string of the molecule is Cl.N#Cc1ccc(N2CCN([C@H]3C=C(c4cc5scnc5c(=O)[nH]4)CC3)CC2)cc1. The Morgan fingerprint density at radius 2 is 1.93 bits per heavy atom. The number of pyridine rings is 1. The summed E-state index contributed by atoms with van der Waals surface area (Å²) in [6, 6.07) is 12.5. The number of H-pyrrole nitrogens is 1. The molecular weight excluding hydrogens is 418 g/mol. The fourth-order valence-electron chi connectivity index (χ4n) is 4.32. The van der Waals surface area contributed by atoms with E-state index in [1.807, 2.05) is 24.3 Å². The molecule has 2 aromatic heterocycles. The van der Waals surface area contributed by atoms with Crippen molar-refractivity contribution in [3.8, 4) is 6.07 Å². The Hall–Kier alpha value is -2.66. The highest BCUT2D eigenvalue weighted by atomic mass is 35.5. The topological polar surface area (TPSA) is 76.0 Å². The predicted octanol–water partition coefficient (Wildman–Crippen LogP) is 3.65. The smallest absolute Gasteiger partial charge is 0.275 e. The van der Waals surface area contributed by atoms with Gasteiger partial charge in [-0.15, -0.1) is 23.7 Å². The van der Waals surface area contributed by atoms with Crippen molar-refractivity contribution in [1.82, 2.24) is 14.9 Å². The van der Waals surface area contributed by atoms with Crippen LogP contribution in [0.3, 0.4) is 0 Å². The second-order valence-electron chi connectivity index (χ2n) is 7.56. The summed E-state index contributed by atoms with van der Waals surface area (Å²) in [4.78, 5) is 24.3. The van der Waals surface area contributed by atoms with Crippen molar-refractivity contribution in [2.24, 2.45) is 0 Å². The van der Waals surface area contributed by atoms with Gasteiger partial charge in [0.25, 0.3) is 5.56 Å². The molecule has 1 aliphatic carbocycles. The number of nitrogens with zero attached hydrogens (tertiary/aromatic N) is 4. The lowest BCUT2D eigenvalue weighted by atomic mass is 10.1. The van der Waals surface area contributed by atoms with Crippen molar-refractivity contribution < 1.29 is 0 Å². The number of anilines is 1. The Balaban J connectivity index is 0.00000218. The molecule has 5 rings (SSSR count). The zero-order valence-corrected chi connectivity index (χ0v) is 18.0. The highest BCUT2D eigenvalue weighted by Crippen LogP contribution is 2.31. The summed E-state index contributed by atoms with van der Waals surface area (Å²) >= 11 is 1.51. The van der Waals surface area contributed by atoms with Crippen molar-refractivity contribution in [2.45, 2.75) is 18.9 Å². The molecule has 1 N–H and O–H groups in total. The maximum Gasteiger partial charge on any atom is 0.275 e. The third-order valence-electron chi connectivity index (χ3n) is 5.93. The van der Waals surface area contributed by atoms with Gasteiger partial charge in [-0.25, -0.2) is 4.98 Å². The molecule has 30 heavy (non-hydrogen) atoms. The monoisotopic (exact) mass is 439 g/mol. The summed E-state index contributed by atoms with van der Waals surface area (Å²) in [5.74, 6) is 0. The number of nitrogens with one attached hydrogen (secondary N) is 1. The number of thiazole rings is 1. The van der Waals surface area contributed by atoms with Crippen LogP contribution in [0.1, 0.15) is 24.1 Å². The lowest BCUT2D eigenvalue weighted by Gasteiger charge is -2.38. The van der Waals surface area contributed by atoms with E-state index in [4.69, 9.17) is 5.26 Å². The van der Waals surface area contributed by atoms with E-state index in [1.165, 1.54) is 22.6 Å². The van der Waals surface area contributed by atoms with E-state index in [1.54, 1.807) is 5.51 Å². The van der Waals surface area contributed by atoms with Gasteiger partial charge < -0.3 is 9.88 Å². The number of fused-ring (bicyclic) bond motifs is 1. The Kier molecular flexibility index (Phi) is 5.91. The van der Waals surface area contributed by atoms with Crippen LogP contribution >= 0.6 is 23.7 Å². The van der Waals surface area contributed by atoms with Crippen LogP contribution in [0.15, 0.2) is 46.7 Å². The minimum absolute atomic E-state index is 0. The van der Waals surface area contributed by atoms with Crippen molar-refractivity contribution in [2.75, 3.05) is 31.1 Å². The minimum Gasteiger partial charge on any atom is -0.369 e. The van der Waals surface area contributed by atoms with Crippen LogP contribution in [0.2, 0.25) is 0 Å². The summed E-state index contributed by atoms with van der Waals surface area (Å²) in [5.41, 5.74) is 6.21. The van der Waals surface area contributed by atoms with Crippen molar-refractivity contribution in [3.05, 3.63) is 63.5 Å². The lowest BCUT2D eigenvalue weighted by molar-refractivity contribution is 0.214. The number of nitriles is 1. The van der Waals surface area contributed by atoms with E-state index in [-0.39, 0.29) is 18.0 Å². The first-order valence-electron chi connectivity index (χ1n) is 9.88. The molecule has 0 radical (unpaired) electrons.